The SMILES string of the molecule is C=C1C(=O)OC2C1CCC(C)=CCC[C@@]1(C)OC21. The van der Waals surface area contributed by atoms with E-state index in [9.17, 15) is 4.79 Å². The summed E-state index contributed by atoms with van der Waals surface area (Å²) in [7, 11) is 0. The van der Waals surface area contributed by atoms with Crippen LogP contribution in [0.4, 0.5) is 0 Å². The number of allylic oxidation sites excluding steroid dienone is 2. The largest absolute Gasteiger partial charge is 0.455 e. The monoisotopic (exact) mass is 248 g/mol. The smallest absolute Gasteiger partial charge is 0.334 e. The fraction of sp³-hybridized carbons (Fsp3) is 0.667. The molecule has 0 saturated carbocycles. The van der Waals surface area contributed by atoms with Crippen molar-refractivity contribution in [2.45, 2.75) is 57.3 Å². The van der Waals surface area contributed by atoms with Crippen LogP contribution in [0.15, 0.2) is 23.8 Å². The topological polar surface area (TPSA) is 38.8 Å². The van der Waals surface area contributed by atoms with E-state index in [0.29, 0.717) is 5.57 Å². The van der Waals surface area contributed by atoms with Crippen LogP contribution in [0.5, 0.6) is 0 Å². The standard InChI is InChI=1S/C15H20O3/c1-9-5-4-8-15(3)13(18-15)12-11(7-6-9)10(2)14(16)17-12/h5,11-13H,2,4,6-8H2,1,3H3/t11?,12?,13?,15-/m1/s1. The summed E-state index contributed by atoms with van der Waals surface area (Å²) in [4.78, 5) is 11.7. The van der Waals surface area contributed by atoms with Gasteiger partial charge in [0.25, 0.3) is 0 Å². The maximum atomic E-state index is 11.7. The van der Waals surface area contributed by atoms with Gasteiger partial charge in [0.2, 0.25) is 0 Å². The lowest BCUT2D eigenvalue weighted by Crippen LogP contribution is -2.28. The molecule has 3 heteroatoms. The van der Waals surface area contributed by atoms with E-state index in [-0.39, 0.29) is 29.7 Å². The van der Waals surface area contributed by atoms with Crippen LogP contribution in [-0.4, -0.2) is 23.8 Å². The maximum Gasteiger partial charge on any atom is 0.334 e. The highest BCUT2D eigenvalue weighted by Gasteiger charge is 2.61. The van der Waals surface area contributed by atoms with Crippen LogP contribution in [0.3, 0.4) is 0 Å². The zero-order chi connectivity index (χ0) is 12.9. The quantitative estimate of drug-likeness (QED) is 0.286. The number of hydrogen-bond acceptors (Lipinski definition) is 3. The van der Waals surface area contributed by atoms with E-state index in [1.807, 2.05) is 0 Å². The van der Waals surface area contributed by atoms with Crippen LogP contribution in [0.2, 0.25) is 0 Å². The van der Waals surface area contributed by atoms with Crippen molar-refractivity contribution in [1.82, 2.24) is 0 Å². The van der Waals surface area contributed by atoms with Crippen molar-refractivity contribution >= 4 is 5.97 Å². The normalized spacial score (nSPS) is 43.7. The van der Waals surface area contributed by atoms with Gasteiger partial charge in [-0.3, -0.25) is 0 Å². The summed E-state index contributed by atoms with van der Waals surface area (Å²) < 4.78 is 11.3. The second-order valence-electron chi connectivity index (χ2n) is 5.98. The number of hydrogen-bond donors (Lipinski definition) is 0. The third-order valence-electron chi connectivity index (χ3n) is 4.57. The van der Waals surface area contributed by atoms with Crippen molar-refractivity contribution in [3.63, 3.8) is 0 Å². The van der Waals surface area contributed by atoms with Gasteiger partial charge in [-0.15, -0.1) is 0 Å². The van der Waals surface area contributed by atoms with Gasteiger partial charge in [-0.2, -0.15) is 0 Å². The van der Waals surface area contributed by atoms with E-state index < -0.39 is 0 Å². The zero-order valence-electron chi connectivity index (χ0n) is 11.1. The second kappa shape index (κ2) is 3.95. The summed E-state index contributed by atoms with van der Waals surface area (Å²) in [5.74, 6) is -0.102. The molecule has 2 heterocycles. The minimum atomic E-state index is -0.233. The van der Waals surface area contributed by atoms with E-state index in [4.69, 9.17) is 9.47 Å². The Balaban J connectivity index is 1.87. The van der Waals surface area contributed by atoms with Gasteiger partial charge in [-0.05, 0) is 39.5 Å². The first-order chi connectivity index (χ1) is 8.51. The highest BCUT2D eigenvalue weighted by atomic mass is 16.6. The first-order valence-electron chi connectivity index (χ1n) is 6.74. The van der Waals surface area contributed by atoms with E-state index in [1.165, 1.54) is 5.57 Å². The molecule has 18 heavy (non-hydrogen) atoms. The minimum absolute atomic E-state index is 0.0671. The van der Waals surface area contributed by atoms with Gasteiger partial charge in [0, 0.05) is 11.5 Å². The Kier molecular flexibility index (Phi) is 2.63. The highest BCUT2D eigenvalue weighted by Crippen LogP contribution is 2.49. The third-order valence-corrected chi connectivity index (χ3v) is 4.57. The predicted molar refractivity (Wildman–Crippen MR) is 68.0 cm³/mol. The average molecular weight is 248 g/mol. The molecule has 0 aromatic rings. The van der Waals surface area contributed by atoms with Crippen LogP contribution in [0, 0.1) is 5.92 Å². The molecule has 3 unspecified atom stereocenters. The molecule has 2 fully saturated rings. The summed E-state index contributed by atoms with van der Waals surface area (Å²) in [6, 6.07) is 0. The molecule has 3 nitrogen and oxygen atoms in total. The number of rotatable bonds is 0. The summed E-state index contributed by atoms with van der Waals surface area (Å²) >= 11 is 0. The minimum Gasteiger partial charge on any atom is -0.455 e. The van der Waals surface area contributed by atoms with E-state index in [2.05, 4.69) is 26.5 Å². The van der Waals surface area contributed by atoms with Crippen LogP contribution in [0.1, 0.15) is 39.5 Å². The molecule has 2 saturated heterocycles. The molecule has 98 valence electrons. The molecule has 0 radical (unpaired) electrons. The van der Waals surface area contributed by atoms with Crippen molar-refractivity contribution < 1.29 is 14.3 Å². The summed E-state index contributed by atoms with van der Waals surface area (Å²) in [6.07, 6.45) is 6.25. The second-order valence-corrected chi connectivity index (χ2v) is 5.98. The Morgan fingerprint density at radius 2 is 2.28 bits per heavy atom. The Morgan fingerprint density at radius 1 is 1.50 bits per heavy atom. The first kappa shape index (κ1) is 12.0. The molecule has 0 bridgehead atoms. The molecule has 4 atom stereocenters. The van der Waals surface area contributed by atoms with Crippen LogP contribution < -0.4 is 0 Å². The number of esters is 1. The number of carbonyl (C=O) groups is 1. The van der Waals surface area contributed by atoms with Crippen molar-refractivity contribution in [2.75, 3.05) is 0 Å². The molecule has 0 N–H and O–H groups in total. The lowest BCUT2D eigenvalue weighted by molar-refractivity contribution is -0.140. The van der Waals surface area contributed by atoms with E-state index in [0.717, 1.165) is 25.7 Å². The third kappa shape index (κ3) is 1.81. The summed E-state index contributed by atoms with van der Waals surface area (Å²) in [6.45, 7) is 8.17. The highest BCUT2D eigenvalue weighted by molar-refractivity contribution is 5.91. The predicted octanol–water partition coefficient (Wildman–Crippen LogP) is 2.76. The van der Waals surface area contributed by atoms with Gasteiger partial charge in [0.1, 0.15) is 12.2 Å². The van der Waals surface area contributed by atoms with Crippen molar-refractivity contribution in [3.8, 4) is 0 Å². The fourth-order valence-corrected chi connectivity index (χ4v) is 3.20. The number of fused-ring (bicyclic) bond motifs is 3. The fourth-order valence-electron chi connectivity index (χ4n) is 3.20. The van der Waals surface area contributed by atoms with Crippen LogP contribution in [0.25, 0.3) is 0 Å². The number of epoxide rings is 1. The first-order valence-corrected chi connectivity index (χ1v) is 6.74. The summed E-state index contributed by atoms with van der Waals surface area (Å²) in [5, 5.41) is 0. The Bertz CT molecular complexity index is 437. The summed E-state index contributed by atoms with van der Waals surface area (Å²) in [5.41, 5.74) is 1.91. The van der Waals surface area contributed by atoms with Gasteiger partial charge < -0.3 is 9.47 Å². The van der Waals surface area contributed by atoms with Crippen LogP contribution >= 0.6 is 0 Å². The van der Waals surface area contributed by atoms with E-state index >= 15 is 0 Å². The van der Waals surface area contributed by atoms with Crippen LogP contribution in [-0.2, 0) is 14.3 Å². The lowest BCUT2D eigenvalue weighted by atomic mass is 9.84. The van der Waals surface area contributed by atoms with Crippen molar-refractivity contribution in [2.24, 2.45) is 5.92 Å². The molecule has 3 rings (SSSR count). The molecule has 1 aliphatic carbocycles. The molecule has 2 aliphatic heterocycles. The van der Waals surface area contributed by atoms with Gasteiger partial charge in [-0.25, -0.2) is 4.79 Å². The van der Waals surface area contributed by atoms with Gasteiger partial charge >= 0.3 is 5.97 Å². The Morgan fingerprint density at radius 3 is 3.06 bits per heavy atom. The molecule has 0 aromatic heterocycles. The number of carbonyl (C=O) groups excluding carboxylic acids is 1. The Hall–Kier alpha value is -1.09. The van der Waals surface area contributed by atoms with Gasteiger partial charge in [0.15, 0.2) is 0 Å². The molecular weight excluding hydrogens is 228 g/mol. The van der Waals surface area contributed by atoms with Crippen molar-refractivity contribution in [3.05, 3.63) is 23.8 Å². The zero-order valence-corrected chi connectivity index (χ0v) is 11.1. The van der Waals surface area contributed by atoms with Crippen molar-refractivity contribution in [1.29, 1.82) is 0 Å². The van der Waals surface area contributed by atoms with Gasteiger partial charge in [-0.1, -0.05) is 18.2 Å². The molecule has 3 aliphatic rings. The number of ether oxygens (including phenoxy) is 2. The van der Waals surface area contributed by atoms with Gasteiger partial charge in [0.05, 0.1) is 5.60 Å². The molecule has 0 amide bonds. The van der Waals surface area contributed by atoms with E-state index in [1.54, 1.807) is 0 Å². The molecule has 0 aromatic carbocycles. The maximum absolute atomic E-state index is 11.7. The molecular formula is C15H20O3. The lowest BCUT2D eigenvalue weighted by Gasteiger charge is -2.19. The average Bonchev–Trinajstić information content (AvgIpc) is 2.90. The Labute approximate surface area is 108 Å². The molecule has 0 spiro atoms.